The fourth-order valence-electron chi connectivity index (χ4n) is 4.92. The van der Waals surface area contributed by atoms with Crippen LogP contribution in [0.15, 0.2) is 45.8 Å². The van der Waals surface area contributed by atoms with Crippen LogP contribution in [0.5, 0.6) is 5.75 Å². The van der Waals surface area contributed by atoms with Crippen molar-refractivity contribution in [3.63, 3.8) is 0 Å². The molecule has 0 unspecified atom stereocenters. The summed E-state index contributed by atoms with van der Waals surface area (Å²) in [4.78, 5) is 21.6. The van der Waals surface area contributed by atoms with Crippen molar-refractivity contribution in [1.29, 1.82) is 5.41 Å². The van der Waals surface area contributed by atoms with Gasteiger partial charge in [0.05, 0.1) is 29.4 Å². The molecule has 0 spiro atoms. The first-order chi connectivity index (χ1) is 16.5. The van der Waals surface area contributed by atoms with Crippen LogP contribution < -0.4 is 15.4 Å². The lowest BCUT2D eigenvalue weighted by molar-refractivity contribution is 0.0734. The molecular weight excluding hydrogens is 459 g/mol. The van der Waals surface area contributed by atoms with Crippen LogP contribution in [0.4, 0.5) is 4.39 Å². The van der Waals surface area contributed by atoms with Gasteiger partial charge in [-0.15, -0.1) is 0 Å². The van der Waals surface area contributed by atoms with Gasteiger partial charge in [-0.2, -0.15) is 0 Å². The average molecular weight is 487 g/mol. The van der Waals surface area contributed by atoms with Gasteiger partial charge < -0.3 is 25.7 Å². The number of amides is 1. The lowest BCUT2D eigenvalue weighted by Gasteiger charge is -2.36. The lowest BCUT2D eigenvalue weighted by atomic mass is 10.0. The van der Waals surface area contributed by atoms with Gasteiger partial charge in [-0.05, 0) is 37.9 Å². The van der Waals surface area contributed by atoms with E-state index in [-0.39, 0.29) is 30.9 Å². The third kappa shape index (κ3) is 4.87. The maximum atomic E-state index is 14.1. The summed E-state index contributed by atoms with van der Waals surface area (Å²) < 4.78 is 20.3. The molecule has 5 rings (SSSR count). The smallest absolute Gasteiger partial charge is 0.258 e. The van der Waals surface area contributed by atoms with Crippen molar-refractivity contribution in [3.05, 3.63) is 52.2 Å². The van der Waals surface area contributed by atoms with Crippen LogP contribution in [0.3, 0.4) is 0 Å². The van der Waals surface area contributed by atoms with Gasteiger partial charge in [-0.3, -0.25) is 9.69 Å². The normalized spacial score (nSPS) is 26.1. The minimum atomic E-state index is -0.442. The van der Waals surface area contributed by atoms with Crippen LogP contribution in [0.25, 0.3) is 0 Å². The topological polar surface area (TPSA) is 93.0 Å². The van der Waals surface area contributed by atoms with Crippen LogP contribution in [-0.2, 0) is 0 Å². The zero-order valence-electron chi connectivity index (χ0n) is 18.8. The Balaban J connectivity index is 1.27. The van der Waals surface area contributed by atoms with E-state index in [1.165, 1.54) is 30.8 Å². The van der Waals surface area contributed by atoms with Gasteiger partial charge in [0.2, 0.25) is 0 Å². The van der Waals surface area contributed by atoms with Crippen molar-refractivity contribution in [2.45, 2.75) is 31.4 Å². The summed E-state index contributed by atoms with van der Waals surface area (Å²) in [5.74, 6) is 0.0345. The Morgan fingerprint density at radius 2 is 2.06 bits per heavy atom. The highest BCUT2D eigenvalue weighted by molar-refractivity contribution is 6.39. The molecule has 10 heteroatoms. The van der Waals surface area contributed by atoms with Gasteiger partial charge >= 0.3 is 0 Å². The first kappa shape index (κ1) is 23.0. The molecule has 3 saturated heterocycles. The predicted octanol–water partition coefficient (Wildman–Crippen LogP) is 2.47. The van der Waals surface area contributed by atoms with E-state index in [9.17, 15) is 9.18 Å². The number of carbonyl (C=O) groups excluding carboxylic acids is 1. The Morgan fingerprint density at radius 1 is 1.24 bits per heavy atom. The first-order valence-electron chi connectivity index (χ1n) is 11.7. The van der Waals surface area contributed by atoms with Crippen molar-refractivity contribution in [3.8, 4) is 5.75 Å². The van der Waals surface area contributed by atoms with Gasteiger partial charge in [-0.1, -0.05) is 11.6 Å². The van der Waals surface area contributed by atoms with E-state index >= 15 is 0 Å². The summed E-state index contributed by atoms with van der Waals surface area (Å²) in [6.45, 7) is 4.34. The molecular formula is C24H28ClFN6O2. The molecule has 0 radical (unpaired) electrons. The monoisotopic (exact) mass is 486 g/mol. The van der Waals surface area contributed by atoms with Crippen LogP contribution in [0.2, 0.25) is 0 Å². The van der Waals surface area contributed by atoms with E-state index < -0.39 is 5.82 Å². The van der Waals surface area contributed by atoms with Crippen LogP contribution >= 0.6 is 11.6 Å². The number of likely N-dealkylation sites (tertiary alicyclic amines) is 2. The van der Waals surface area contributed by atoms with E-state index in [0.29, 0.717) is 33.7 Å². The van der Waals surface area contributed by atoms with E-state index in [1.54, 1.807) is 11.1 Å². The maximum absolute atomic E-state index is 14.1. The zero-order chi connectivity index (χ0) is 23.7. The molecule has 3 N–H and O–H groups in total. The fourth-order valence-corrected chi connectivity index (χ4v) is 5.03. The molecule has 0 aromatic heterocycles. The molecule has 1 aromatic rings. The van der Waals surface area contributed by atoms with Crippen LogP contribution in [-0.4, -0.2) is 79.0 Å². The van der Waals surface area contributed by atoms with E-state index in [0.717, 1.165) is 39.0 Å². The number of halogens is 2. The number of nitrogens with zero attached hydrogens (tertiary/aromatic N) is 3. The molecule has 1 aromatic carbocycles. The number of allylic oxidation sites excluding steroid dienone is 1. The van der Waals surface area contributed by atoms with Gasteiger partial charge in [0.15, 0.2) is 0 Å². The van der Waals surface area contributed by atoms with Crippen molar-refractivity contribution in [2.24, 2.45) is 4.99 Å². The highest BCUT2D eigenvalue weighted by atomic mass is 35.5. The minimum Gasteiger partial charge on any atom is -0.489 e. The number of rotatable bonds is 4. The second kappa shape index (κ2) is 9.85. The van der Waals surface area contributed by atoms with Gasteiger partial charge in [-0.25, -0.2) is 9.38 Å². The highest BCUT2D eigenvalue weighted by Crippen LogP contribution is 2.28. The van der Waals surface area contributed by atoms with Gasteiger partial charge in [0, 0.05) is 49.7 Å². The van der Waals surface area contributed by atoms with Gasteiger partial charge in [0.1, 0.15) is 23.5 Å². The summed E-state index contributed by atoms with van der Waals surface area (Å²) in [7, 11) is 0. The number of benzene rings is 1. The minimum absolute atomic E-state index is 0.0640. The number of aliphatic imine (C=N–C) groups is 1. The van der Waals surface area contributed by atoms with Crippen molar-refractivity contribution < 1.29 is 13.9 Å². The molecule has 3 fully saturated rings. The summed E-state index contributed by atoms with van der Waals surface area (Å²) in [6, 6.07) is 4.62. The molecule has 0 aliphatic carbocycles. The second-order valence-corrected chi connectivity index (χ2v) is 9.48. The number of piperidine rings is 1. The van der Waals surface area contributed by atoms with Crippen molar-refractivity contribution >= 4 is 29.4 Å². The average Bonchev–Trinajstić information content (AvgIpc) is 3.50. The maximum Gasteiger partial charge on any atom is 0.258 e. The Morgan fingerprint density at radius 3 is 2.76 bits per heavy atom. The molecule has 1 atom stereocenters. The van der Waals surface area contributed by atoms with Crippen molar-refractivity contribution in [2.75, 3.05) is 39.3 Å². The quantitative estimate of drug-likeness (QED) is 0.608. The summed E-state index contributed by atoms with van der Waals surface area (Å²) in [5.41, 5.74) is 1.24. The highest BCUT2D eigenvalue weighted by Gasteiger charge is 2.32. The molecule has 4 aliphatic rings. The molecule has 0 saturated carbocycles. The Labute approximate surface area is 203 Å². The molecule has 34 heavy (non-hydrogen) atoms. The SMILES string of the molecule is N=C1CN(C(=O)c2ccc(F)cc2OC2CCN([C@@H]3CCNC3)CC2)C/C1=C1\N=CC(Cl)=CN1. The summed E-state index contributed by atoms with van der Waals surface area (Å²) in [5, 5.41) is 15.2. The number of nitrogens with one attached hydrogen (secondary N) is 3. The third-order valence-corrected chi connectivity index (χ3v) is 7.00. The largest absolute Gasteiger partial charge is 0.489 e. The van der Waals surface area contributed by atoms with Gasteiger partial charge in [0.25, 0.3) is 5.91 Å². The number of hydrogen-bond donors (Lipinski definition) is 3. The van der Waals surface area contributed by atoms with Crippen molar-refractivity contribution in [1.82, 2.24) is 20.4 Å². The number of ether oxygens (including phenoxy) is 1. The van der Waals surface area contributed by atoms with E-state index in [4.69, 9.17) is 21.7 Å². The van der Waals surface area contributed by atoms with Crippen LogP contribution in [0, 0.1) is 11.2 Å². The fraction of sp³-hybridized carbons (Fsp3) is 0.458. The standard InChI is InChI=1S/C24H28ClFN6O2/c25-15-10-29-23(30-11-15)20-13-32(14-21(20)27)24(33)19-2-1-16(26)9-22(19)34-18-4-7-31(8-5-18)17-3-6-28-12-17/h1-2,9-11,17-18,27-29H,3-8,12-14H2/b23-20+,27-21?/t17-/m1/s1. The summed E-state index contributed by atoms with van der Waals surface area (Å²) >= 11 is 5.89. The summed E-state index contributed by atoms with van der Waals surface area (Å²) in [6.07, 6.45) is 5.87. The first-order valence-corrected chi connectivity index (χ1v) is 12.0. The zero-order valence-corrected chi connectivity index (χ0v) is 19.6. The number of hydrogen-bond acceptors (Lipinski definition) is 7. The molecule has 4 heterocycles. The number of carbonyl (C=O) groups is 1. The molecule has 180 valence electrons. The second-order valence-electron chi connectivity index (χ2n) is 9.04. The Bertz CT molecular complexity index is 1070. The Hall–Kier alpha value is -2.75. The van der Waals surface area contributed by atoms with Crippen LogP contribution in [0.1, 0.15) is 29.6 Å². The lowest BCUT2D eigenvalue weighted by Crippen LogP contribution is -2.45. The Kier molecular flexibility index (Phi) is 6.67. The third-order valence-electron chi connectivity index (χ3n) is 6.79. The molecule has 0 bridgehead atoms. The van der Waals surface area contributed by atoms with E-state index in [2.05, 4.69) is 20.5 Å². The molecule has 8 nitrogen and oxygen atoms in total. The predicted molar refractivity (Wildman–Crippen MR) is 129 cm³/mol. The molecule has 4 aliphatic heterocycles. The van der Waals surface area contributed by atoms with E-state index in [1.807, 2.05) is 0 Å². The molecule has 1 amide bonds.